The second-order valence-corrected chi connectivity index (χ2v) is 6.68. The molecular formula is C17H19N5S. The quantitative estimate of drug-likeness (QED) is 0.690. The predicted octanol–water partition coefficient (Wildman–Crippen LogP) is 3.04. The Kier molecular flexibility index (Phi) is 3.91. The molecule has 0 aliphatic carbocycles. The van der Waals surface area contributed by atoms with E-state index >= 15 is 0 Å². The van der Waals surface area contributed by atoms with Gasteiger partial charge in [-0.1, -0.05) is 12.1 Å². The van der Waals surface area contributed by atoms with Crippen LogP contribution in [-0.4, -0.2) is 38.9 Å². The van der Waals surface area contributed by atoms with Crippen LogP contribution in [0.1, 0.15) is 24.0 Å². The van der Waals surface area contributed by atoms with E-state index in [-0.39, 0.29) is 0 Å². The first-order valence-corrected chi connectivity index (χ1v) is 9.13. The summed E-state index contributed by atoms with van der Waals surface area (Å²) in [5.41, 5.74) is 2.51. The van der Waals surface area contributed by atoms with E-state index in [0.29, 0.717) is 5.78 Å². The lowest BCUT2D eigenvalue weighted by Crippen LogP contribution is -2.23. The summed E-state index contributed by atoms with van der Waals surface area (Å²) < 4.78 is 1.89. The molecule has 1 fully saturated rings. The van der Waals surface area contributed by atoms with Gasteiger partial charge in [0.2, 0.25) is 0 Å². The van der Waals surface area contributed by atoms with Crippen molar-refractivity contribution in [3.05, 3.63) is 47.9 Å². The number of aromatic nitrogens is 4. The van der Waals surface area contributed by atoms with Crippen LogP contribution in [-0.2, 0) is 6.42 Å². The number of hydrogen-bond acceptors (Lipinski definition) is 5. The minimum absolute atomic E-state index is 0.674. The summed E-state index contributed by atoms with van der Waals surface area (Å²) in [5.74, 6) is 1.83. The zero-order chi connectivity index (χ0) is 15.6. The Balaban J connectivity index is 1.74. The van der Waals surface area contributed by atoms with E-state index < -0.39 is 0 Å². The predicted molar refractivity (Wildman–Crippen MR) is 93.3 cm³/mol. The second kappa shape index (κ2) is 6.20. The third-order valence-electron chi connectivity index (χ3n) is 4.31. The van der Waals surface area contributed by atoms with Gasteiger partial charge in [-0.2, -0.15) is 14.6 Å². The van der Waals surface area contributed by atoms with E-state index in [9.17, 15) is 0 Å². The van der Waals surface area contributed by atoms with Gasteiger partial charge in [0.05, 0.1) is 0 Å². The maximum atomic E-state index is 4.46. The Morgan fingerprint density at radius 1 is 1.09 bits per heavy atom. The second-order valence-electron chi connectivity index (χ2n) is 5.80. The van der Waals surface area contributed by atoms with Gasteiger partial charge < -0.3 is 4.90 Å². The van der Waals surface area contributed by atoms with Crippen LogP contribution in [0.2, 0.25) is 0 Å². The van der Waals surface area contributed by atoms with Gasteiger partial charge in [-0.25, -0.2) is 4.98 Å². The van der Waals surface area contributed by atoms with Crippen LogP contribution in [0.15, 0.2) is 41.7 Å². The summed E-state index contributed by atoms with van der Waals surface area (Å²) >= 11 is 1.77. The summed E-state index contributed by atoms with van der Waals surface area (Å²) in [5, 5.41) is 4.39. The van der Waals surface area contributed by atoms with Crippen molar-refractivity contribution >= 4 is 23.4 Å². The van der Waals surface area contributed by atoms with Crippen molar-refractivity contribution in [2.45, 2.75) is 24.2 Å². The molecule has 0 saturated carbocycles. The molecule has 0 unspecified atom stereocenters. The molecule has 0 amide bonds. The minimum Gasteiger partial charge on any atom is -0.356 e. The normalized spacial score (nSPS) is 14.7. The average Bonchev–Trinajstić information content (AvgIpc) is 3.27. The Morgan fingerprint density at radius 3 is 2.61 bits per heavy atom. The van der Waals surface area contributed by atoms with E-state index in [1.54, 1.807) is 18.1 Å². The molecule has 5 nitrogen and oxygen atoms in total. The SMILES string of the molecule is CSc1ccc(Cc2cnc3ncnn3c2N2CCCC2)cc1. The van der Waals surface area contributed by atoms with Crippen molar-refractivity contribution in [3.63, 3.8) is 0 Å². The standard InChI is InChI=1S/C17H19N5S/c1-23-15-6-4-13(5-7-15)10-14-11-18-17-19-12-20-22(17)16(14)21-8-2-3-9-21/h4-7,11-12H,2-3,8-10H2,1H3. The van der Waals surface area contributed by atoms with Gasteiger partial charge in [0, 0.05) is 36.2 Å². The number of rotatable bonds is 4. The molecule has 118 valence electrons. The molecule has 0 N–H and O–H groups in total. The van der Waals surface area contributed by atoms with Crippen molar-refractivity contribution < 1.29 is 0 Å². The zero-order valence-electron chi connectivity index (χ0n) is 13.1. The Morgan fingerprint density at radius 2 is 1.87 bits per heavy atom. The highest BCUT2D eigenvalue weighted by Gasteiger charge is 2.20. The van der Waals surface area contributed by atoms with Crippen molar-refractivity contribution in [1.82, 2.24) is 19.6 Å². The first-order chi connectivity index (χ1) is 11.3. The van der Waals surface area contributed by atoms with E-state index in [1.807, 2.05) is 10.7 Å². The number of thioether (sulfide) groups is 1. The third kappa shape index (κ3) is 2.79. The van der Waals surface area contributed by atoms with Gasteiger partial charge in [-0.15, -0.1) is 11.8 Å². The van der Waals surface area contributed by atoms with Crippen molar-refractivity contribution in [2.75, 3.05) is 24.2 Å². The summed E-state index contributed by atoms with van der Waals surface area (Å²) in [4.78, 5) is 12.4. The maximum absolute atomic E-state index is 4.46. The molecule has 3 aromatic rings. The van der Waals surface area contributed by atoms with Crippen LogP contribution in [0, 0.1) is 0 Å². The first-order valence-electron chi connectivity index (χ1n) is 7.90. The van der Waals surface area contributed by atoms with Gasteiger partial charge in [0.15, 0.2) is 0 Å². The number of benzene rings is 1. The third-order valence-corrected chi connectivity index (χ3v) is 5.06. The number of fused-ring (bicyclic) bond motifs is 1. The molecule has 1 aliphatic rings. The Hall–Kier alpha value is -2.08. The van der Waals surface area contributed by atoms with E-state index in [2.05, 4.69) is 50.5 Å². The lowest BCUT2D eigenvalue weighted by atomic mass is 10.1. The molecule has 0 spiro atoms. The summed E-state index contributed by atoms with van der Waals surface area (Å²) in [6.07, 6.45) is 8.98. The van der Waals surface area contributed by atoms with Gasteiger partial charge in [-0.05, 0) is 36.8 Å². The largest absolute Gasteiger partial charge is 0.356 e. The van der Waals surface area contributed by atoms with Crippen LogP contribution in [0.25, 0.3) is 5.78 Å². The zero-order valence-corrected chi connectivity index (χ0v) is 14.0. The van der Waals surface area contributed by atoms with Crippen LogP contribution in [0.3, 0.4) is 0 Å². The highest BCUT2D eigenvalue weighted by atomic mass is 32.2. The highest BCUT2D eigenvalue weighted by molar-refractivity contribution is 7.98. The molecule has 0 atom stereocenters. The van der Waals surface area contributed by atoms with Crippen molar-refractivity contribution in [1.29, 1.82) is 0 Å². The van der Waals surface area contributed by atoms with Crippen molar-refractivity contribution in [3.8, 4) is 0 Å². The fourth-order valence-corrected chi connectivity index (χ4v) is 3.56. The van der Waals surface area contributed by atoms with Gasteiger partial charge >= 0.3 is 0 Å². The maximum Gasteiger partial charge on any atom is 0.254 e. The molecule has 0 radical (unpaired) electrons. The first kappa shape index (κ1) is 14.5. The van der Waals surface area contributed by atoms with Gasteiger partial charge in [0.25, 0.3) is 5.78 Å². The molecular weight excluding hydrogens is 306 g/mol. The number of anilines is 1. The lowest BCUT2D eigenvalue weighted by Gasteiger charge is -2.21. The molecule has 4 rings (SSSR count). The van der Waals surface area contributed by atoms with E-state index in [1.165, 1.54) is 28.9 Å². The summed E-state index contributed by atoms with van der Waals surface area (Å²) in [7, 11) is 0. The van der Waals surface area contributed by atoms with Crippen LogP contribution in [0.4, 0.5) is 5.82 Å². The molecule has 2 aromatic heterocycles. The monoisotopic (exact) mass is 325 g/mol. The molecule has 1 aliphatic heterocycles. The summed E-state index contributed by atoms with van der Waals surface area (Å²) in [6, 6.07) is 8.75. The van der Waals surface area contributed by atoms with E-state index in [4.69, 9.17) is 0 Å². The molecule has 1 aromatic carbocycles. The molecule has 0 bridgehead atoms. The van der Waals surface area contributed by atoms with Crippen LogP contribution >= 0.6 is 11.8 Å². The lowest BCUT2D eigenvalue weighted by molar-refractivity contribution is 0.833. The average molecular weight is 325 g/mol. The van der Waals surface area contributed by atoms with E-state index in [0.717, 1.165) is 25.3 Å². The Labute approximate surface area is 139 Å². The molecule has 3 heterocycles. The molecule has 23 heavy (non-hydrogen) atoms. The molecule has 1 saturated heterocycles. The Bertz CT molecular complexity index is 805. The van der Waals surface area contributed by atoms with Gasteiger partial charge in [0.1, 0.15) is 12.1 Å². The smallest absolute Gasteiger partial charge is 0.254 e. The number of hydrogen-bond donors (Lipinski definition) is 0. The van der Waals surface area contributed by atoms with Crippen LogP contribution in [0.5, 0.6) is 0 Å². The minimum atomic E-state index is 0.674. The fourth-order valence-electron chi connectivity index (χ4n) is 3.16. The topological polar surface area (TPSA) is 46.3 Å². The van der Waals surface area contributed by atoms with Crippen molar-refractivity contribution in [2.24, 2.45) is 0 Å². The molecule has 6 heteroatoms. The fraction of sp³-hybridized carbons (Fsp3) is 0.353. The number of nitrogens with zero attached hydrogens (tertiary/aromatic N) is 5. The van der Waals surface area contributed by atoms with Gasteiger partial charge in [-0.3, -0.25) is 0 Å². The summed E-state index contributed by atoms with van der Waals surface area (Å²) in [6.45, 7) is 2.16. The van der Waals surface area contributed by atoms with Crippen LogP contribution < -0.4 is 4.90 Å². The highest BCUT2D eigenvalue weighted by Crippen LogP contribution is 2.26.